The maximum atomic E-state index is 11.6. The molecule has 1 aliphatic heterocycles. The molecule has 19 heavy (non-hydrogen) atoms. The Morgan fingerprint density at radius 1 is 1.26 bits per heavy atom. The fourth-order valence-electron chi connectivity index (χ4n) is 2.99. The van der Waals surface area contributed by atoms with Gasteiger partial charge >= 0.3 is 5.97 Å². The molecule has 0 amide bonds. The topological polar surface area (TPSA) is 67.8 Å². The second-order valence-corrected chi connectivity index (χ2v) is 5.51. The monoisotopic (exact) mass is 271 g/mol. The third-order valence-corrected chi connectivity index (χ3v) is 4.08. The molecule has 1 saturated heterocycles. The van der Waals surface area contributed by atoms with Crippen LogP contribution in [0.5, 0.6) is 0 Å². The molecule has 0 aromatic carbocycles. The number of esters is 1. The molecule has 0 aromatic rings. The second kappa shape index (κ2) is 7.22. The van der Waals surface area contributed by atoms with Gasteiger partial charge in [-0.1, -0.05) is 0 Å². The molecule has 110 valence electrons. The van der Waals surface area contributed by atoms with Gasteiger partial charge in [-0.15, -0.1) is 0 Å². The molecule has 2 fully saturated rings. The molecule has 1 saturated carbocycles. The number of aliphatic hydroxyl groups is 1. The number of carbonyl (C=O) groups is 1. The normalized spacial score (nSPS) is 35.3. The molecule has 2 unspecified atom stereocenters. The van der Waals surface area contributed by atoms with E-state index in [-0.39, 0.29) is 36.7 Å². The van der Waals surface area contributed by atoms with Crippen LogP contribution in [0.2, 0.25) is 0 Å². The molecule has 2 N–H and O–H groups in total. The van der Waals surface area contributed by atoms with Crippen LogP contribution in [0.3, 0.4) is 0 Å². The van der Waals surface area contributed by atoms with Crippen molar-refractivity contribution in [1.82, 2.24) is 5.32 Å². The summed E-state index contributed by atoms with van der Waals surface area (Å²) in [6.45, 7) is 3.31. The van der Waals surface area contributed by atoms with E-state index >= 15 is 0 Å². The van der Waals surface area contributed by atoms with Crippen molar-refractivity contribution in [3.05, 3.63) is 0 Å². The van der Waals surface area contributed by atoms with E-state index in [1.165, 1.54) is 0 Å². The van der Waals surface area contributed by atoms with Gasteiger partial charge in [-0.05, 0) is 39.0 Å². The van der Waals surface area contributed by atoms with E-state index in [0.717, 1.165) is 38.6 Å². The largest absolute Gasteiger partial charge is 0.466 e. The molecule has 5 heteroatoms. The van der Waals surface area contributed by atoms with Gasteiger partial charge in [0.1, 0.15) is 0 Å². The molecule has 0 aromatic heterocycles. The Bertz CT molecular complexity index is 289. The number of aliphatic hydroxyl groups excluding tert-OH is 1. The summed E-state index contributed by atoms with van der Waals surface area (Å²) in [4.78, 5) is 11.6. The minimum Gasteiger partial charge on any atom is -0.466 e. The predicted octanol–water partition coefficient (Wildman–Crippen LogP) is 0.848. The van der Waals surface area contributed by atoms with Crippen molar-refractivity contribution in [3.63, 3.8) is 0 Å². The Kier molecular flexibility index (Phi) is 5.60. The molecule has 0 spiro atoms. The van der Waals surface area contributed by atoms with Gasteiger partial charge in [0.15, 0.2) is 0 Å². The first-order valence-corrected chi connectivity index (χ1v) is 7.39. The van der Waals surface area contributed by atoms with Crippen molar-refractivity contribution in [2.75, 3.05) is 19.8 Å². The maximum absolute atomic E-state index is 11.6. The fraction of sp³-hybridized carbons (Fsp3) is 0.929. The van der Waals surface area contributed by atoms with Crippen LogP contribution >= 0.6 is 0 Å². The predicted molar refractivity (Wildman–Crippen MR) is 70.7 cm³/mol. The molecule has 0 bridgehead atoms. The van der Waals surface area contributed by atoms with E-state index in [4.69, 9.17) is 14.6 Å². The van der Waals surface area contributed by atoms with Crippen LogP contribution in [0.4, 0.5) is 0 Å². The van der Waals surface area contributed by atoms with Gasteiger partial charge in [0, 0.05) is 12.6 Å². The molecule has 2 rings (SSSR count). The number of hydrogen-bond donors (Lipinski definition) is 2. The van der Waals surface area contributed by atoms with E-state index < -0.39 is 0 Å². The zero-order chi connectivity index (χ0) is 13.7. The van der Waals surface area contributed by atoms with Gasteiger partial charge < -0.3 is 19.9 Å². The van der Waals surface area contributed by atoms with Gasteiger partial charge in [-0.3, -0.25) is 4.79 Å². The maximum Gasteiger partial charge on any atom is 0.308 e. The van der Waals surface area contributed by atoms with Crippen LogP contribution in [0, 0.1) is 5.92 Å². The number of nitrogens with one attached hydrogen (secondary N) is 1. The summed E-state index contributed by atoms with van der Waals surface area (Å²) >= 11 is 0. The summed E-state index contributed by atoms with van der Waals surface area (Å²) in [7, 11) is 0. The Labute approximate surface area is 114 Å². The molecular formula is C14H25NO4. The minimum absolute atomic E-state index is 0.0520. The number of rotatable bonds is 5. The SMILES string of the molecule is CCOC(=O)C1CCC(OC2CNC(CO)C2)CC1. The number of hydrogen-bond acceptors (Lipinski definition) is 5. The second-order valence-electron chi connectivity index (χ2n) is 5.51. The minimum atomic E-state index is -0.0520. The molecule has 5 nitrogen and oxygen atoms in total. The third-order valence-electron chi connectivity index (χ3n) is 4.08. The summed E-state index contributed by atoms with van der Waals surface area (Å²) in [5.41, 5.74) is 0. The van der Waals surface area contributed by atoms with Crippen LogP contribution in [-0.2, 0) is 14.3 Å². The standard InChI is InChI=1S/C14H25NO4/c1-2-18-14(17)10-3-5-12(6-4-10)19-13-7-11(9-16)15-8-13/h10-13,15-16H,2-9H2,1H3. The molecular weight excluding hydrogens is 246 g/mol. The summed E-state index contributed by atoms with van der Waals surface area (Å²) in [5.74, 6) is 0.00974. The summed E-state index contributed by atoms with van der Waals surface area (Å²) < 4.78 is 11.1. The summed E-state index contributed by atoms with van der Waals surface area (Å²) in [5, 5.41) is 12.3. The van der Waals surface area contributed by atoms with E-state index in [1.54, 1.807) is 0 Å². The quantitative estimate of drug-likeness (QED) is 0.726. The number of ether oxygens (including phenoxy) is 2. The van der Waals surface area contributed by atoms with Crippen LogP contribution < -0.4 is 5.32 Å². The highest BCUT2D eigenvalue weighted by molar-refractivity contribution is 5.72. The summed E-state index contributed by atoms with van der Waals surface area (Å²) in [6, 6.07) is 0.181. The Morgan fingerprint density at radius 2 is 2.00 bits per heavy atom. The first-order valence-electron chi connectivity index (χ1n) is 7.39. The molecule has 1 aliphatic carbocycles. The van der Waals surface area contributed by atoms with Gasteiger partial charge in [0.2, 0.25) is 0 Å². The van der Waals surface area contributed by atoms with Crippen molar-refractivity contribution in [1.29, 1.82) is 0 Å². The van der Waals surface area contributed by atoms with Gasteiger partial charge in [0.25, 0.3) is 0 Å². The zero-order valence-corrected chi connectivity index (χ0v) is 11.6. The molecule has 0 radical (unpaired) electrons. The number of carbonyl (C=O) groups excluding carboxylic acids is 1. The smallest absolute Gasteiger partial charge is 0.308 e. The first kappa shape index (κ1) is 14.8. The van der Waals surface area contributed by atoms with Crippen LogP contribution in [-0.4, -0.2) is 49.1 Å². The highest BCUT2D eigenvalue weighted by Crippen LogP contribution is 2.29. The lowest BCUT2D eigenvalue weighted by atomic mass is 9.87. The highest BCUT2D eigenvalue weighted by Gasteiger charge is 2.31. The Morgan fingerprint density at radius 3 is 2.58 bits per heavy atom. The zero-order valence-electron chi connectivity index (χ0n) is 11.6. The lowest BCUT2D eigenvalue weighted by Crippen LogP contribution is -2.31. The van der Waals surface area contributed by atoms with Crippen LogP contribution in [0.15, 0.2) is 0 Å². The highest BCUT2D eigenvalue weighted by atomic mass is 16.5. The van der Waals surface area contributed by atoms with Crippen LogP contribution in [0.25, 0.3) is 0 Å². The average molecular weight is 271 g/mol. The van der Waals surface area contributed by atoms with E-state index in [9.17, 15) is 4.79 Å². The van der Waals surface area contributed by atoms with Crippen molar-refractivity contribution < 1.29 is 19.4 Å². The summed E-state index contributed by atoms with van der Waals surface area (Å²) in [6.07, 6.45) is 4.96. The van der Waals surface area contributed by atoms with Gasteiger partial charge in [0.05, 0.1) is 31.3 Å². The van der Waals surface area contributed by atoms with E-state index in [0.29, 0.717) is 6.61 Å². The lowest BCUT2D eigenvalue weighted by Gasteiger charge is -2.29. The molecule has 1 heterocycles. The third kappa shape index (κ3) is 4.16. The Hall–Kier alpha value is -0.650. The lowest BCUT2D eigenvalue weighted by molar-refractivity contribution is -0.150. The van der Waals surface area contributed by atoms with E-state index in [1.807, 2.05) is 6.92 Å². The molecule has 2 aliphatic rings. The van der Waals surface area contributed by atoms with Crippen molar-refractivity contribution in [2.45, 2.75) is 57.3 Å². The van der Waals surface area contributed by atoms with Gasteiger partial charge in [-0.25, -0.2) is 0 Å². The first-order chi connectivity index (χ1) is 9.22. The van der Waals surface area contributed by atoms with Gasteiger partial charge in [-0.2, -0.15) is 0 Å². The average Bonchev–Trinajstić information content (AvgIpc) is 2.87. The molecule has 2 atom stereocenters. The van der Waals surface area contributed by atoms with Crippen molar-refractivity contribution >= 4 is 5.97 Å². The Balaban J connectivity index is 1.68. The van der Waals surface area contributed by atoms with Crippen LogP contribution in [0.1, 0.15) is 39.0 Å². The fourth-order valence-corrected chi connectivity index (χ4v) is 2.99. The van der Waals surface area contributed by atoms with E-state index in [2.05, 4.69) is 5.32 Å². The van der Waals surface area contributed by atoms with Crippen molar-refractivity contribution in [3.8, 4) is 0 Å². The van der Waals surface area contributed by atoms with Crippen molar-refractivity contribution in [2.24, 2.45) is 5.92 Å².